The molecule has 29 heavy (non-hydrogen) atoms. The molecule has 1 aromatic heterocycles. The molecule has 1 amide bonds. The van der Waals surface area contributed by atoms with Crippen molar-refractivity contribution in [3.8, 4) is 11.5 Å². The number of benzene rings is 2. The van der Waals surface area contributed by atoms with E-state index in [1.165, 1.54) is 17.3 Å². The molecule has 3 rings (SSSR count). The predicted octanol–water partition coefficient (Wildman–Crippen LogP) is 4.40. The highest BCUT2D eigenvalue weighted by Crippen LogP contribution is 2.28. The second-order valence-electron chi connectivity index (χ2n) is 6.78. The third-order valence-corrected chi connectivity index (χ3v) is 5.75. The van der Waals surface area contributed by atoms with E-state index in [4.69, 9.17) is 9.47 Å². The van der Waals surface area contributed by atoms with Crippen molar-refractivity contribution in [1.82, 2.24) is 10.3 Å². The van der Waals surface area contributed by atoms with Gasteiger partial charge in [0.1, 0.15) is 0 Å². The van der Waals surface area contributed by atoms with Crippen molar-refractivity contribution in [3.63, 3.8) is 0 Å². The lowest BCUT2D eigenvalue weighted by Crippen LogP contribution is -2.32. The van der Waals surface area contributed by atoms with Gasteiger partial charge in [-0.1, -0.05) is 36.0 Å². The minimum Gasteiger partial charge on any atom is -0.493 e. The first kappa shape index (κ1) is 21.0. The highest BCUT2D eigenvalue weighted by molar-refractivity contribution is 8.00. The van der Waals surface area contributed by atoms with Gasteiger partial charge in [0.15, 0.2) is 11.5 Å². The number of methoxy groups -OCH3 is 2. The summed E-state index contributed by atoms with van der Waals surface area (Å²) in [6, 6.07) is 15.9. The predicted molar refractivity (Wildman–Crippen MR) is 118 cm³/mol. The molecule has 3 aromatic rings. The number of hydrogen-bond donors (Lipinski definition) is 1. The normalized spacial score (nSPS) is 11.9. The van der Waals surface area contributed by atoms with Crippen LogP contribution in [0.5, 0.6) is 11.5 Å². The number of nitrogens with one attached hydrogen (secondary N) is 1. The molecule has 0 spiro atoms. The van der Waals surface area contributed by atoms with Gasteiger partial charge in [0, 0.05) is 11.9 Å². The number of aromatic nitrogens is 1. The van der Waals surface area contributed by atoms with Crippen LogP contribution in [0.4, 0.5) is 0 Å². The molecule has 6 heteroatoms. The van der Waals surface area contributed by atoms with E-state index in [-0.39, 0.29) is 11.2 Å². The molecule has 0 saturated heterocycles. The Morgan fingerprint density at radius 1 is 1.10 bits per heavy atom. The molecule has 5 nitrogen and oxygen atoms in total. The Bertz CT molecular complexity index is 1010. The van der Waals surface area contributed by atoms with E-state index in [9.17, 15) is 4.79 Å². The maximum absolute atomic E-state index is 12.5. The maximum Gasteiger partial charge on any atom is 0.233 e. The van der Waals surface area contributed by atoms with Crippen LogP contribution in [0.3, 0.4) is 0 Å². The van der Waals surface area contributed by atoms with Gasteiger partial charge in [0.2, 0.25) is 5.91 Å². The summed E-state index contributed by atoms with van der Waals surface area (Å²) in [5.74, 6) is 1.39. The fourth-order valence-electron chi connectivity index (χ4n) is 3.12. The Hall–Kier alpha value is -2.73. The van der Waals surface area contributed by atoms with Crippen LogP contribution >= 0.6 is 11.8 Å². The van der Waals surface area contributed by atoms with E-state index in [2.05, 4.69) is 23.3 Å². The Morgan fingerprint density at radius 3 is 2.62 bits per heavy atom. The number of para-hydroxylation sites is 1. The highest BCUT2D eigenvalue weighted by atomic mass is 32.2. The average Bonchev–Trinajstić information content (AvgIpc) is 2.73. The van der Waals surface area contributed by atoms with Gasteiger partial charge in [-0.05, 0) is 55.7 Å². The number of rotatable bonds is 8. The van der Waals surface area contributed by atoms with E-state index in [0.717, 1.165) is 27.9 Å². The van der Waals surface area contributed by atoms with Gasteiger partial charge in [0.25, 0.3) is 0 Å². The maximum atomic E-state index is 12.5. The van der Waals surface area contributed by atoms with Gasteiger partial charge in [-0.15, -0.1) is 0 Å². The van der Waals surface area contributed by atoms with Crippen molar-refractivity contribution in [2.45, 2.75) is 30.5 Å². The monoisotopic (exact) mass is 410 g/mol. The minimum absolute atomic E-state index is 0.00286. The van der Waals surface area contributed by atoms with Crippen molar-refractivity contribution in [1.29, 1.82) is 0 Å². The third-order valence-electron chi connectivity index (χ3n) is 4.73. The van der Waals surface area contributed by atoms with Gasteiger partial charge < -0.3 is 14.8 Å². The Morgan fingerprint density at radius 2 is 1.86 bits per heavy atom. The van der Waals surface area contributed by atoms with Crippen molar-refractivity contribution in [2.75, 3.05) is 20.8 Å². The zero-order chi connectivity index (χ0) is 20.8. The lowest BCUT2D eigenvalue weighted by Gasteiger charge is -2.13. The number of aryl methyl sites for hydroxylation is 1. The van der Waals surface area contributed by atoms with Crippen LogP contribution in [0, 0.1) is 6.92 Å². The van der Waals surface area contributed by atoms with Gasteiger partial charge in [-0.2, -0.15) is 0 Å². The van der Waals surface area contributed by atoms with Gasteiger partial charge in [0.05, 0.1) is 30.0 Å². The Kier molecular flexibility index (Phi) is 6.99. The fraction of sp³-hybridized carbons (Fsp3) is 0.304. The molecule has 1 heterocycles. The van der Waals surface area contributed by atoms with Gasteiger partial charge in [-0.3, -0.25) is 4.79 Å². The number of fused-ring (bicyclic) bond motifs is 1. The molecule has 2 aromatic carbocycles. The summed E-state index contributed by atoms with van der Waals surface area (Å²) < 4.78 is 10.6. The SMILES string of the molecule is COc1ccc(CCNC(=O)C(C)Sc2cc(C)c3ccccc3n2)cc1OC. The molecule has 152 valence electrons. The standard InChI is InChI=1S/C23H26N2O3S/c1-15-13-22(25-19-8-6-5-7-18(15)19)29-16(2)23(26)24-12-11-17-9-10-20(27-3)21(14-17)28-4/h5-10,13-14,16H,11-12H2,1-4H3,(H,24,26). The smallest absolute Gasteiger partial charge is 0.233 e. The number of ether oxygens (including phenoxy) is 2. The first-order chi connectivity index (χ1) is 14.0. The molecule has 0 fully saturated rings. The molecule has 0 radical (unpaired) electrons. The summed E-state index contributed by atoms with van der Waals surface area (Å²) in [5.41, 5.74) is 3.20. The quantitative estimate of drug-likeness (QED) is 0.558. The second-order valence-corrected chi connectivity index (χ2v) is 8.15. The number of pyridine rings is 1. The molecular formula is C23H26N2O3S. The summed E-state index contributed by atoms with van der Waals surface area (Å²) in [7, 11) is 3.23. The summed E-state index contributed by atoms with van der Waals surface area (Å²) >= 11 is 1.48. The average molecular weight is 411 g/mol. The Labute approximate surface area is 175 Å². The van der Waals surface area contributed by atoms with Crippen LogP contribution in [-0.4, -0.2) is 36.9 Å². The van der Waals surface area contributed by atoms with E-state index in [1.807, 2.05) is 49.4 Å². The second kappa shape index (κ2) is 9.65. The number of hydrogen-bond acceptors (Lipinski definition) is 5. The lowest BCUT2D eigenvalue weighted by molar-refractivity contribution is -0.120. The molecule has 1 atom stereocenters. The van der Waals surface area contributed by atoms with E-state index in [1.54, 1.807) is 14.2 Å². The van der Waals surface area contributed by atoms with Crippen molar-refractivity contribution >= 4 is 28.6 Å². The van der Waals surface area contributed by atoms with E-state index < -0.39 is 0 Å². The van der Waals surface area contributed by atoms with Crippen LogP contribution in [0.25, 0.3) is 10.9 Å². The van der Waals surface area contributed by atoms with Crippen molar-refractivity contribution in [2.24, 2.45) is 0 Å². The van der Waals surface area contributed by atoms with Crippen molar-refractivity contribution < 1.29 is 14.3 Å². The number of thioether (sulfide) groups is 1. The number of carbonyl (C=O) groups excluding carboxylic acids is 1. The number of carbonyl (C=O) groups is 1. The molecule has 0 aliphatic heterocycles. The number of nitrogens with zero attached hydrogens (tertiary/aromatic N) is 1. The molecule has 1 N–H and O–H groups in total. The van der Waals surface area contributed by atoms with Crippen LogP contribution in [-0.2, 0) is 11.2 Å². The van der Waals surface area contributed by atoms with Gasteiger partial charge >= 0.3 is 0 Å². The molecule has 1 unspecified atom stereocenters. The summed E-state index contributed by atoms with van der Waals surface area (Å²) in [6.45, 7) is 4.54. The van der Waals surface area contributed by atoms with Crippen LogP contribution in [0.1, 0.15) is 18.1 Å². The molecule has 0 saturated carbocycles. The van der Waals surface area contributed by atoms with E-state index >= 15 is 0 Å². The van der Waals surface area contributed by atoms with Crippen LogP contribution in [0.2, 0.25) is 0 Å². The first-order valence-corrected chi connectivity index (χ1v) is 10.4. The minimum atomic E-state index is -0.228. The fourth-order valence-corrected chi connectivity index (χ4v) is 4.07. The molecule has 0 bridgehead atoms. The third kappa shape index (κ3) is 5.21. The summed E-state index contributed by atoms with van der Waals surface area (Å²) in [4.78, 5) is 17.2. The van der Waals surface area contributed by atoms with Crippen LogP contribution in [0.15, 0.2) is 53.6 Å². The first-order valence-electron chi connectivity index (χ1n) is 9.53. The van der Waals surface area contributed by atoms with E-state index in [0.29, 0.717) is 18.0 Å². The Balaban J connectivity index is 1.56. The highest BCUT2D eigenvalue weighted by Gasteiger charge is 2.16. The van der Waals surface area contributed by atoms with Crippen LogP contribution < -0.4 is 14.8 Å². The topological polar surface area (TPSA) is 60.5 Å². The summed E-state index contributed by atoms with van der Waals surface area (Å²) in [6.07, 6.45) is 0.719. The zero-order valence-electron chi connectivity index (χ0n) is 17.2. The van der Waals surface area contributed by atoms with Gasteiger partial charge in [-0.25, -0.2) is 4.98 Å². The summed E-state index contributed by atoms with van der Waals surface area (Å²) in [5, 5.41) is 4.79. The lowest BCUT2D eigenvalue weighted by atomic mass is 10.1. The number of amides is 1. The molecule has 0 aliphatic rings. The largest absolute Gasteiger partial charge is 0.493 e. The van der Waals surface area contributed by atoms with Crippen molar-refractivity contribution in [3.05, 3.63) is 59.7 Å². The zero-order valence-corrected chi connectivity index (χ0v) is 18.0. The molecule has 0 aliphatic carbocycles. The molecular weight excluding hydrogens is 384 g/mol.